The number of aliphatic hydroxyl groups excluding tert-OH is 1. The molecule has 0 saturated heterocycles. The van der Waals surface area contributed by atoms with Gasteiger partial charge in [-0.05, 0) is 30.7 Å². The summed E-state index contributed by atoms with van der Waals surface area (Å²) in [6.45, 7) is 1.05. The van der Waals surface area contributed by atoms with Gasteiger partial charge in [0, 0.05) is 12.2 Å². The molecule has 1 unspecified atom stereocenters. The smallest absolute Gasteiger partial charge is 0.399 e. The van der Waals surface area contributed by atoms with Crippen molar-refractivity contribution in [3.8, 4) is 0 Å². The van der Waals surface area contributed by atoms with Gasteiger partial charge in [-0.3, -0.25) is 4.90 Å². The Kier molecular flexibility index (Phi) is 5.62. The molecule has 0 amide bonds. The zero-order valence-corrected chi connectivity index (χ0v) is 10.8. The van der Waals surface area contributed by atoms with Crippen molar-refractivity contribution in [2.75, 3.05) is 25.4 Å². The van der Waals surface area contributed by atoms with Crippen LogP contribution in [0.1, 0.15) is 25.0 Å². The van der Waals surface area contributed by atoms with E-state index in [1.807, 2.05) is 0 Å². The number of alkyl halides is 3. The van der Waals surface area contributed by atoms with Crippen molar-refractivity contribution in [3.05, 3.63) is 29.8 Å². The minimum atomic E-state index is -4.25. The summed E-state index contributed by atoms with van der Waals surface area (Å²) in [5.41, 5.74) is 6.64. The Labute approximate surface area is 110 Å². The molecule has 3 N–H and O–H groups in total. The molecule has 6 heteroatoms. The van der Waals surface area contributed by atoms with Crippen LogP contribution in [-0.4, -0.2) is 35.8 Å². The molecule has 1 aromatic carbocycles. The molecule has 0 aliphatic rings. The average molecular weight is 276 g/mol. The standard InChI is InChI=1S/C13H19F3N2O/c1-2-7-18(9-13(14,15)16)8-12(19)10-3-5-11(17)6-4-10/h3-6,12,19H,2,7-9,17H2,1H3. The number of nitrogens with zero attached hydrogens (tertiary/aromatic N) is 1. The van der Waals surface area contributed by atoms with Crippen LogP contribution < -0.4 is 5.73 Å². The summed E-state index contributed by atoms with van der Waals surface area (Å²) in [6.07, 6.45) is -4.60. The van der Waals surface area contributed by atoms with Gasteiger partial charge in [-0.2, -0.15) is 13.2 Å². The monoisotopic (exact) mass is 276 g/mol. The second-order valence-corrected chi connectivity index (χ2v) is 4.53. The lowest BCUT2D eigenvalue weighted by Crippen LogP contribution is -2.37. The average Bonchev–Trinajstić information content (AvgIpc) is 2.27. The number of rotatable bonds is 6. The SMILES string of the molecule is CCCN(CC(O)c1ccc(N)cc1)CC(F)(F)F. The van der Waals surface area contributed by atoms with Gasteiger partial charge in [-0.15, -0.1) is 0 Å². The van der Waals surface area contributed by atoms with Crippen molar-refractivity contribution in [1.29, 1.82) is 0 Å². The molecule has 0 radical (unpaired) electrons. The number of nitrogens with two attached hydrogens (primary N) is 1. The normalized spacial score (nSPS) is 13.8. The van der Waals surface area contributed by atoms with E-state index in [9.17, 15) is 18.3 Å². The van der Waals surface area contributed by atoms with Crippen molar-refractivity contribution < 1.29 is 18.3 Å². The molecule has 0 spiro atoms. The molecular weight excluding hydrogens is 257 g/mol. The van der Waals surface area contributed by atoms with Gasteiger partial charge in [0.2, 0.25) is 0 Å². The summed E-state index contributed by atoms with van der Waals surface area (Å²) in [5, 5.41) is 9.96. The van der Waals surface area contributed by atoms with E-state index in [-0.39, 0.29) is 6.54 Å². The van der Waals surface area contributed by atoms with Crippen molar-refractivity contribution in [1.82, 2.24) is 4.90 Å². The molecule has 1 aromatic rings. The summed E-state index contributed by atoms with van der Waals surface area (Å²) in [6, 6.07) is 6.48. The zero-order chi connectivity index (χ0) is 14.5. The fraction of sp³-hybridized carbons (Fsp3) is 0.538. The summed E-state index contributed by atoms with van der Waals surface area (Å²) >= 11 is 0. The minimum Gasteiger partial charge on any atom is -0.399 e. The Morgan fingerprint density at radius 2 is 1.84 bits per heavy atom. The highest BCUT2D eigenvalue weighted by Crippen LogP contribution is 2.20. The van der Waals surface area contributed by atoms with Crippen LogP contribution in [-0.2, 0) is 0 Å². The second kappa shape index (κ2) is 6.77. The van der Waals surface area contributed by atoms with Crippen molar-refractivity contribution in [2.24, 2.45) is 0 Å². The number of hydrogen-bond acceptors (Lipinski definition) is 3. The highest BCUT2D eigenvalue weighted by molar-refractivity contribution is 5.39. The van der Waals surface area contributed by atoms with E-state index in [1.165, 1.54) is 4.90 Å². The van der Waals surface area contributed by atoms with E-state index in [0.717, 1.165) is 0 Å². The molecule has 0 aliphatic carbocycles. The van der Waals surface area contributed by atoms with Crippen LogP contribution >= 0.6 is 0 Å². The van der Waals surface area contributed by atoms with E-state index in [1.54, 1.807) is 31.2 Å². The number of aliphatic hydroxyl groups is 1. The van der Waals surface area contributed by atoms with Gasteiger partial charge in [0.1, 0.15) is 0 Å². The van der Waals surface area contributed by atoms with E-state index >= 15 is 0 Å². The van der Waals surface area contributed by atoms with Gasteiger partial charge < -0.3 is 10.8 Å². The highest BCUT2D eigenvalue weighted by Gasteiger charge is 2.31. The van der Waals surface area contributed by atoms with Crippen molar-refractivity contribution in [2.45, 2.75) is 25.6 Å². The lowest BCUT2D eigenvalue weighted by Gasteiger charge is -2.25. The first-order chi connectivity index (χ1) is 8.81. The first kappa shape index (κ1) is 15.8. The fourth-order valence-corrected chi connectivity index (χ4v) is 1.87. The van der Waals surface area contributed by atoms with E-state index in [0.29, 0.717) is 24.2 Å². The fourth-order valence-electron chi connectivity index (χ4n) is 1.87. The van der Waals surface area contributed by atoms with Gasteiger partial charge >= 0.3 is 6.18 Å². The predicted molar refractivity (Wildman–Crippen MR) is 68.6 cm³/mol. The second-order valence-electron chi connectivity index (χ2n) is 4.53. The van der Waals surface area contributed by atoms with Gasteiger partial charge in [0.15, 0.2) is 0 Å². The molecule has 0 saturated carbocycles. The first-order valence-corrected chi connectivity index (χ1v) is 6.14. The minimum absolute atomic E-state index is 0.0444. The molecule has 1 atom stereocenters. The van der Waals surface area contributed by atoms with Crippen LogP contribution in [0.5, 0.6) is 0 Å². The number of anilines is 1. The Morgan fingerprint density at radius 1 is 1.26 bits per heavy atom. The number of hydrogen-bond donors (Lipinski definition) is 2. The van der Waals surface area contributed by atoms with Gasteiger partial charge in [-0.25, -0.2) is 0 Å². The predicted octanol–water partition coefficient (Wildman–Crippen LogP) is 2.58. The maximum Gasteiger partial charge on any atom is 0.401 e. The van der Waals surface area contributed by atoms with Gasteiger partial charge in [0.25, 0.3) is 0 Å². The van der Waals surface area contributed by atoms with Crippen LogP contribution in [0, 0.1) is 0 Å². The molecule has 108 valence electrons. The third kappa shape index (κ3) is 5.94. The molecule has 3 nitrogen and oxygen atoms in total. The van der Waals surface area contributed by atoms with Crippen LogP contribution in [0.25, 0.3) is 0 Å². The topological polar surface area (TPSA) is 49.5 Å². The molecule has 1 rings (SSSR count). The van der Waals surface area contributed by atoms with Gasteiger partial charge in [-0.1, -0.05) is 19.1 Å². The van der Waals surface area contributed by atoms with Crippen LogP contribution in [0.2, 0.25) is 0 Å². The summed E-state index contributed by atoms with van der Waals surface area (Å²) in [7, 11) is 0. The van der Waals surface area contributed by atoms with E-state index in [4.69, 9.17) is 5.73 Å². The van der Waals surface area contributed by atoms with E-state index in [2.05, 4.69) is 0 Å². The van der Waals surface area contributed by atoms with Crippen LogP contribution in [0.15, 0.2) is 24.3 Å². The number of halogens is 3. The third-order valence-corrected chi connectivity index (χ3v) is 2.70. The molecule has 0 fully saturated rings. The lowest BCUT2D eigenvalue weighted by molar-refractivity contribution is -0.148. The molecule has 0 aliphatic heterocycles. The Morgan fingerprint density at radius 3 is 2.32 bits per heavy atom. The highest BCUT2D eigenvalue weighted by atomic mass is 19.4. The number of nitrogen functional groups attached to an aromatic ring is 1. The molecule has 19 heavy (non-hydrogen) atoms. The first-order valence-electron chi connectivity index (χ1n) is 6.14. The van der Waals surface area contributed by atoms with Crippen molar-refractivity contribution >= 4 is 5.69 Å². The van der Waals surface area contributed by atoms with Crippen molar-refractivity contribution in [3.63, 3.8) is 0 Å². The zero-order valence-electron chi connectivity index (χ0n) is 10.8. The maximum absolute atomic E-state index is 12.4. The summed E-state index contributed by atoms with van der Waals surface area (Å²) < 4.78 is 37.2. The van der Waals surface area contributed by atoms with Crippen LogP contribution in [0.4, 0.5) is 18.9 Å². The third-order valence-electron chi connectivity index (χ3n) is 2.70. The van der Waals surface area contributed by atoms with Crippen LogP contribution in [0.3, 0.4) is 0 Å². The van der Waals surface area contributed by atoms with E-state index < -0.39 is 18.8 Å². The quantitative estimate of drug-likeness (QED) is 0.785. The largest absolute Gasteiger partial charge is 0.401 e. The summed E-state index contributed by atoms with van der Waals surface area (Å²) in [4.78, 5) is 1.21. The molecule has 0 aromatic heterocycles. The molecule has 0 heterocycles. The molecule has 0 bridgehead atoms. The maximum atomic E-state index is 12.4. The summed E-state index contributed by atoms with van der Waals surface area (Å²) in [5.74, 6) is 0. The lowest BCUT2D eigenvalue weighted by atomic mass is 10.1. The Balaban J connectivity index is 2.65. The Bertz CT molecular complexity index is 378. The Hall–Kier alpha value is -1.27. The number of benzene rings is 1. The molecular formula is C13H19F3N2O. The van der Waals surface area contributed by atoms with Gasteiger partial charge in [0.05, 0.1) is 12.6 Å².